The molecule has 0 bridgehead atoms. The molecule has 7 heteroatoms. The lowest BCUT2D eigenvalue weighted by atomic mass is 10.1. The Balaban J connectivity index is 1.74. The highest BCUT2D eigenvalue weighted by molar-refractivity contribution is 5.83. The summed E-state index contributed by atoms with van der Waals surface area (Å²) >= 11 is 0. The Morgan fingerprint density at radius 1 is 1.20 bits per heavy atom. The van der Waals surface area contributed by atoms with E-state index in [0.717, 1.165) is 16.9 Å². The second-order valence-corrected chi connectivity index (χ2v) is 6.08. The van der Waals surface area contributed by atoms with Gasteiger partial charge in [0.05, 0.1) is 11.1 Å². The third-order valence-corrected chi connectivity index (χ3v) is 4.36. The number of fused-ring (bicyclic) bond motifs is 1. The molecule has 0 radical (unpaired) electrons. The third kappa shape index (κ3) is 3.45. The van der Waals surface area contributed by atoms with Crippen molar-refractivity contribution in [2.24, 2.45) is 0 Å². The molecule has 0 aliphatic carbocycles. The second kappa shape index (κ2) is 6.88. The number of benzene rings is 1. The molecule has 3 rings (SSSR count). The van der Waals surface area contributed by atoms with Gasteiger partial charge in [0.2, 0.25) is 5.91 Å². The maximum absolute atomic E-state index is 12.5. The van der Waals surface area contributed by atoms with Crippen LogP contribution in [-0.4, -0.2) is 43.7 Å². The molecule has 0 spiro atoms. The summed E-state index contributed by atoms with van der Waals surface area (Å²) in [6.45, 7) is 4.89. The van der Waals surface area contributed by atoms with Crippen LogP contribution in [0.25, 0.3) is 10.8 Å². The number of carbonyl (C=O) groups is 1. The largest absolute Gasteiger partial charge is 0.342 e. The van der Waals surface area contributed by atoms with E-state index in [9.17, 15) is 9.59 Å². The van der Waals surface area contributed by atoms with Crippen LogP contribution in [-0.2, 0) is 17.9 Å². The van der Waals surface area contributed by atoms with Gasteiger partial charge >= 0.3 is 0 Å². The van der Waals surface area contributed by atoms with Crippen LogP contribution >= 0.6 is 0 Å². The SMILES string of the molecule is Cc1nn(CC(=O)N(C)CCn2ccnc2C)c(=O)c2ccccc12. The van der Waals surface area contributed by atoms with Crippen molar-refractivity contribution < 1.29 is 4.79 Å². The molecule has 7 nitrogen and oxygen atoms in total. The fraction of sp³-hybridized carbons (Fsp3) is 0.333. The predicted octanol–water partition coefficient (Wildman–Crippen LogP) is 1.37. The fourth-order valence-corrected chi connectivity index (χ4v) is 2.78. The standard InChI is InChI=1S/C18H21N5O2/c1-13-15-6-4-5-7-16(15)18(25)23(20-13)12-17(24)21(3)10-11-22-9-8-19-14(22)2/h4-9H,10-12H2,1-3H3. The number of aryl methyl sites for hydroxylation is 2. The highest BCUT2D eigenvalue weighted by Crippen LogP contribution is 2.11. The van der Waals surface area contributed by atoms with Crippen LogP contribution in [0.1, 0.15) is 11.5 Å². The zero-order valence-electron chi connectivity index (χ0n) is 14.6. The Kier molecular flexibility index (Phi) is 4.65. The van der Waals surface area contributed by atoms with Crippen molar-refractivity contribution in [1.82, 2.24) is 24.2 Å². The zero-order chi connectivity index (χ0) is 18.0. The molecular weight excluding hydrogens is 318 g/mol. The maximum atomic E-state index is 12.5. The van der Waals surface area contributed by atoms with Gasteiger partial charge in [-0.1, -0.05) is 18.2 Å². The normalized spacial score (nSPS) is 11.0. The number of carbonyl (C=O) groups excluding carboxylic acids is 1. The van der Waals surface area contributed by atoms with Gasteiger partial charge in [-0.15, -0.1) is 0 Å². The molecule has 25 heavy (non-hydrogen) atoms. The van der Waals surface area contributed by atoms with Gasteiger partial charge in [-0.2, -0.15) is 5.10 Å². The molecule has 0 atom stereocenters. The Morgan fingerprint density at radius 2 is 1.92 bits per heavy atom. The van der Waals surface area contributed by atoms with Gasteiger partial charge in [0.1, 0.15) is 12.4 Å². The third-order valence-electron chi connectivity index (χ3n) is 4.36. The van der Waals surface area contributed by atoms with Crippen LogP contribution in [0, 0.1) is 13.8 Å². The number of nitrogens with zero attached hydrogens (tertiary/aromatic N) is 5. The van der Waals surface area contributed by atoms with Gasteiger partial charge in [0, 0.05) is 37.9 Å². The fourth-order valence-electron chi connectivity index (χ4n) is 2.78. The molecule has 3 aromatic rings. The maximum Gasteiger partial charge on any atom is 0.275 e. The summed E-state index contributed by atoms with van der Waals surface area (Å²) in [5.41, 5.74) is 0.494. The summed E-state index contributed by atoms with van der Waals surface area (Å²) < 4.78 is 3.23. The molecule has 0 fully saturated rings. The van der Waals surface area contributed by atoms with Crippen LogP contribution in [0.2, 0.25) is 0 Å². The summed E-state index contributed by atoms with van der Waals surface area (Å²) in [5, 5.41) is 5.69. The Morgan fingerprint density at radius 3 is 2.60 bits per heavy atom. The van der Waals surface area contributed by atoms with E-state index in [0.29, 0.717) is 18.5 Å². The average molecular weight is 339 g/mol. The van der Waals surface area contributed by atoms with E-state index in [4.69, 9.17) is 0 Å². The highest BCUT2D eigenvalue weighted by Gasteiger charge is 2.14. The summed E-state index contributed by atoms with van der Waals surface area (Å²) in [6.07, 6.45) is 3.62. The minimum Gasteiger partial charge on any atom is -0.342 e. The van der Waals surface area contributed by atoms with Crippen molar-refractivity contribution in [3.05, 3.63) is 58.5 Å². The van der Waals surface area contributed by atoms with Crippen molar-refractivity contribution >= 4 is 16.7 Å². The number of hydrogen-bond acceptors (Lipinski definition) is 4. The Labute approximate surface area is 145 Å². The van der Waals surface area contributed by atoms with E-state index in [2.05, 4.69) is 10.1 Å². The first-order chi connectivity index (χ1) is 12.0. The number of aromatic nitrogens is 4. The smallest absolute Gasteiger partial charge is 0.275 e. The highest BCUT2D eigenvalue weighted by atomic mass is 16.2. The molecule has 1 aromatic carbocycles. The monoisotopic (exact) mass is 339 g/mol. The molecule has 0 N–H and O–H groups in total. The molecule has 2 aromatic heterocycles. The molecule has 0 unspecified atom stereocenters. The average Bonchev–Trinajstić information content (AvgIpc) is 3.02. The number of amides is 1. The van der Waals surface area contributed by atoms with E-state index in [1.807, 2.05) is 42.8 Å². The summed E-state index contributed by atoms with van der Waals surface area (Å²) in [7, 11) is 1.73. The lowest BCUT2D eigenvalue weighted by molar-refractivity contribution is -0.130. The van der Waals surface area contributed by atoms with Gasteiger partial charge in [0.15, 0.2) is 0 Å². The number of rotatable bonds is 5. The number of likely N-dealkylation sites (N-methyl/N-ethyl adjacent to an activating group) is 1. The molecule has 1 amide bonds. The van der Waals surface area contributed by atoms with Crippen molar-refractivity contribution in [2.75, 3.05) is 13.6 Å². The van der Waals surface area contributed by atoms with E-state index in [1.54, 1.807) is 24.2 Å². The van der Waals surface area contributed by atoms with E-state index in [-0.39, 0.29) is 18.0 Å². The molecule has 0 saturated heterocycles. The number of imidazole rings is 1. The Hall–Kier alpha value is -2.96. The first-order valence-corrected chi connectivity index (χ1v) is 8.15. The molecular formula is C18H21N5O2. The first kappa shape index (κ1) is 16.9. The van der Waals surface area contributed by atoms with Gasteiger partial charge in [-0.05, 0) is 19.9 Å². The van der Waals surface area contributed by atoms with Crippen LogP contribution in [0.3, 0.4) is 0 Å². The topological polar surface area (TPSA) is 73.0 Å². The minimum absolute atomic E-state index is 0.0656. The number of hydrogen-bond donors (Lipinski definition) is 0. The molecule has 130 valence electrons. The molecule has 0 aliphatic rings. The van der Waals surface area contributed by atoms with Crippen molar-refractivity contribution in [3.8, 4) is 0 Å². The van der Waals surface area contributed by atoms with Crippen LogP contribution < -0.4 is 5.56 Å². The predicted molar refractivity (Wildman–Crippen MR) is 95.3 cm³/mol. The van der Waals surface area contributed by atoms with Gasteiger partial charge in [-0.25, -0.2) is 9.67 Å². The van der Waals surface area contributed by atoms with Crippen LogP contribution in [0.5, 0.6) is 0 Å². The summed E-state index contributed by atoms with van der Waals surface area (Å²) in [6, 6.07) is 7.32. The molecule has 0 aliphatic heterocycles. The van der Waals surface area contributed by atoms with E-state index < -0.39 is 0 Å². The van der Waals surface area contributed by atoms with E-state index >= 15 is 0 Å². The van der Waals surface area contributed by atoms with Gasteiger partial charge in [-0.3, -0.25) is 9.59 Å². The minimum atomic E-state index is -0.242. The first-order valence-electron chi connectivity index (χ1n) is 8.15. The van der Waals surface area contributed by atoms with Crippen molar-refractivity contribution in [3.63, 3.8) is 0 Å². The Bertz CT molecular complexity index is 973. The van der Waals surface area contributed by atoms with Crippen molar-refractivity contribution in [1.29, 1.82) is 0 Å². The zero-order valence-corrected chi connectivity index (χ0v) is 14.6. The molecule has 0 saturated carbocycles. The summed E-state index contributed by atoms with van der Waals surface area (Å²) in [5.74, 6) is 0.755. The summed E-state index contributed by atoms with van der Waals surface area (Å²) in [4.78, 5) is 30.8. The van der Waals surface area contributed by atoms with Crippen LogP contribution in [0.4, 0.5) is 0 Å². The lowest BCUT2D eigenvalue weighted by Crippen LogP contribution is -2.37. The van der Waals surface area contributed by atoms with E-state index in [1.165, 1.54) is 4.68 Å². The second-order valence-electron chi connectivity index (χ2n) is 6.08. The van der Waals surface area contributed by atoms with Gasteiger partial charge in [0.25, 0.3) is 5.56 Å². The van der Waals surface area contributed by atoms with Crippen molar-refractivity contribution in [2.45, 2.75) is 26.9 Å². The molecule has 2 heterocycles. The van der Waals surface area contributed by atoms with Gasteiger partial charge < -0.3 is 9.47 Å². The lowest BCUT2D eigenvalue weighted by Gasteiger charge is -2.18. The quantitative estimate of drug-likeness (QED) is 0.704. The van der Waals surface area contributed by atoms with Crippen LogP contribution in [0.15, 0.2) is 41.5 Å².